The second kappa shape index (κ2) is 6.85. The quantitative estimate of drug-likeness (QED) is 0.236. The van der Waals surface area contributed by atoms with Crippen LogP contribution < -0.4 is 0 Å². The molecule has 0 saturated carbocycles. The van der Waals surface area contributed by atoms with Gasteiger partial charge in [-0.05, 0) is 6.07 Å². The van der Waals surface area contributed by atoms with Gasteiger partial charge in [0.05, 0.1) is 0 Å². The van der Waals surface area contributed by atoms with E-state index < -0.39 is 42.1 Å². The van der Waals surface area contributed by atoms with E-state index in [4.69, 9.17) is 15.1 Å². The zero-order chi connectivity index (χ0) is 13.7. The molecule has 0 amide bonds. The Labute approximate surface area is 95.3 Å². The van der Waals surface area contributed by atoms with Crippen LogP contribution in [-0.4, -0.2) is 22.4 Å². The third-order valence-electron chi connectivity index (χ3n) is 1.43. The molecule has 0 aliphatic rings. The molecular weight excluding hydrogens is 269 g/mol. The van der Waals surface area contributed by atoms with Crippen molar-refractivity contribution in [2.45, 2.75) is 5.91 Å². The van der Waals surface area contributed by atoms with Crippen molar-refractivity contribution in [2.24, 2.45) is 0 Å². The van der Waals surface area contributed by atoms with Crippen LogP contribution in [0.2, 0.25) is 0 Å². The van der Waals surface area contributed by atoms with E-state index in [-0.39, 0.29) is 6.07 Å². The van der Waals surface area contributed by atoms with Crippen molar-refractivity contribution in [3.63, 3.8) is 0 Å². The molecule has 3 N–H and O–H groups in total. The fourth-order valence-electron chi connectivity index (χ4n) is 0.792. The summed E-state index contributed by atoms with van der Waals surface area (Å²) in [7, 11) is -0.662. The Kier molecular flexibility index (Phi) is 6.55. The van der Waals surface area contributed by atoms with Gasteiger partial charge in [0.2, 0.25) is 0 Å². The third kappa shape index (κ3) is 4.95. The fraction of sp³-hybridized carbons (Fsp3) is 0.143. The van der Waals surface area contributed by atoms with Crippen molar-refractivity contribution in [2.75, 3.05) is 0 Å². The first-order valence-electron chi connectivity index (χ1n) is 3.95. The molecule has 0 aromatic heterocycles. The fourth-order valence-corrected chi connectivity index (χ4v) is 1.03. The first kappa shape index (κ1) is 16.2. The lowest BCUT2D eigenvalue weighted by Crippen LogP contribution is -2.07. The molecular formula is C7H7BF5O3P. The van der Waals surface area contributed by atoms with Crippen LogP contribution in [0.15, 0.2) is 6.07 Å². The van der Waals surface area contributed by atoms with Crippen molar-refractivity contribution < 1.29 is 37.0 Å². The molecule has 2 atom stereocenters. The maximum atomic E-state index is 12.7. The van der Waals surface area contributed by atoms with Gasteiger partial charge in [-0.25, -0.2) is 22.0 Å². The van der Waals surface area contributed by atoms with Gasteiger partial charge in [0, 0.05) is 5.56 Å². The highest BCUT2D eigenvalue weighted by molar-refractivity contribution is 7.16. The van der Waals surface area contributed by atoms with E-state index in [1.807, 2.05) is 0 Å². The molecule has 0 radical (unpaired) electrons. The topological polar surface area (TPSA) is 60.7 Å². The summed E-state index contributed by atoms with van der Waals surface area (Å²) in [6.07, 6.45) is 0. The van der Waals surface area contributed by atoms with Crippen molar-refractivity contribution in [1.29, 1.82) is 0 Å². The standard InChI is InChI=1S/C7H4F5P.BH3O3/c8-3-1-2(7(12)13)4(9)6(11)5(3)10;2-1(3)4/h1,7H,13H2;2-4H. The predicted molar refractivity (Wildman–Crippen MR) is 52.2 cm³/mol. The summed E-state index contributed by atoms with van der Waals surface area (Å²) < 4.78 is 62.3. The Balaban J connectivity index is 0.000000557. The number of alkyl halides is 1. The normalized spacial score (nSPS) is 11.6. The summed E-state index contributed by atoms with van der Waals surface area (Å²) in [4.78, 5) is 0. The molecule has 0 heterocycles. The minimum Gasteiger partial charge on any atom is -0.402 e. The van der Waals surface area contributed by atoms with Crippen LogP contribution in [0.1, 0.15) is 11.5 Å². The van der Waals surface area contributed by atoms with E-state index in [1.165, 1.54) is 9.24 Å². The van der Waals surface area contributed by atoms with E-state index >= 15 is 0 Å². The molecule has 1 rings (SSSR count). The highest BCUT2D eigenvalue weighted by atomic mass is 31.0. The summed E-state index contributed by atoms with van der Waals surface area (Å²) in [5, 5.41) is 21.5. The summed E-state index contributed by atoms with van der Waals surface area (Å²) in [5.74, 6) is -9.22. The van der Waals surface area contributed by atoms with E-state index in [1.54, 1.807) is 0 Å². The van der Waals surface area contributed by atoms with Crippen LogP contribution in [0.25, 0.3) is 0 Å². The largest absolute Gasteiger partial charge is 0.631 e. The molecule has 10 heteroatoms. The van der Waals surface area contributed by atoms with Gasteiger partial charge in [-0.2, -0.15) is 0 Å². The van der Waals surface area contributed by atoms with Crippen molar-refractivity contribution in [3.05, 3.63) is 34.9 Å². The number of hydrogen-bond acceptors (Lipinski definition) is 3. The Hall–Kier alpha value is -0.755. The highest BCUT2D eigenvalue weighted by Gasteiger charge is 2.21. The Morgan fingerprint density at radius 3 is 1.76 bits per heavy atom. The predicted octanol–water partition coefficient (Wildman–Crippen LogP) is 1.03. The average Bonchev–Trinajstić information content (AvgIpc) is 2.19. The molecule has 0 aliphatic carbocycles. The van der Waals surface area contributed by atoms with Gasteiger partial charge >= 0.3 is 7.32 Å². The zero-order valence-corrected chi connectivity index (χ0v) is 9.20. The van der Waals surface area contributed by atoms with Gasteiger partial charge in [0.25, 0.3) is 0 Å². The minimum atomic E-state index is -2.17. The van der Waals surface area contributed by atoms with Gasteiger partial charge in [0.1, 0.15) is 5.91 Å². The maximum Gasteiger partial charge on any atom is 0.631 e. The van der Waals surface area contributed by atoms with Gasteiger partial charge < -0.3 is 15.1 Å². The minimum absolute atomic E-state index is 0.283. The number of benzene rings is 1. The van der Waals surface area contributed by atoms with Crippen LogP contribution in [-0.2, 0) is 0 Å². The van der Waals surface area contributed by atoms with Crippen LogP contribution >= 0.6 is 9.24 Å². The van der Waals surface area contributed by atoms with Gasteiger partial charge in [-0.3, -0.25) is 0 Å². The van der Waals surface area contributed by atoms with Gasteiger partial charge in [-0.15, -0.1) is 0 Å². The molecule has 0 bridgehead atoms. The van der Waals surface area contributed by atoms with Gasteiger partial charge in [-0.1, -0.05) is 9.24 Å². The van der Waals surface area contributed by atoms with Crippen molar-refractivity contribution in [3.8, 4) is 0 Å². The molecule has 0 aliphatic heterocycles. The van der Waals surface area contributed by atoms with E-state index in [9.17, 15) is 22.0 Å². The van der Waals surface area contributed by atoms with Crippen LogP contribution in [0.5, 0.6) is 0 Å². The molecule has 96 valence electrons. The van der Waals surface area contributed by atoms with Crippen molar-refractivity contribution >= 4 is 16.6 Å². The number of halogens is 5. The van der Waals surface area contributed by atoms with E-state index in [0.717, 1.165) is 0 Å². The molecule has 0 spiro atoms. The second-order valence-corrected chi connectivity index (χ2v) is 3.22. The Morgan fingerprint density at radius 1 is 1.00 bits per heavy atom. The summed E-state index contributed by atoms with van der Waals surface area (Å²) in [6, 6.07) is 0.283. The van der Waals surface area contributed by atoms with E-state index in [2.05, 4.69) is 0 Å². The highest BCUT2D eigenvalue weighted by Crippen LogP contribution is 2.29. The lowest BCUT2D eigenvalue weighted by atomic mass is 10.2. The monoisotopic (exact) mass is 276 g/mol. The lowest BCUT2D eigenvalue weighted by Gasteiger charge is -2.05. The van der Waals surface area contributed by atoms with Gasteiger partial charge in [0.15, 0.2) is 23.3 Å². The van der Waals surface area contributed by atoms with Crippen LogP contribution in [0.3, 0.4) is 0 Å². The molecule has 2 unspecified atom stereocenters. The molecule has 0 fully saturated rings. The zero-order valence-electron chi connectivity index (χ0n) is 8.04. The Bertz CT molecular complexity index is 388. The molecule has 0 saturated heterocycles. The second-order valence-electron chi connectivity index (χ2n) is 2.64. The van der Waals surface area contributed by atoms with Crippen LogP contribution in [0, 0.1) is 23.3 Å². The molecule has 1 aromatic carbocycles. The first-order valence-corrected chi connectivity index (χ1v) is 4.61. The summed E-state index contributed by atoms with van der Waals surface area (Å²) in [5.41, 5.74) is -0.860. The summed E-state index contributed by atoms with van der Waals surface area (Å²) >= 11 is 0. The first-order chi connectivity index (χ1) is 7.68. The van der Waals surface area contributed by atoms with Crippen LogP contribution in [0.4, 0.5) is 22.0 Å². The molecule has 17 heavy (non-hydrogen) atoms. The lowest BCUT2D eigenvalue weighted by molar-refractivity contribution is 0.278. The van der Waals surface area contributed by atoms with E-state index in [0.29, 0.717) is 0 Å². The van der Waals surface area contributed by atoms with Crippen molar-refractivity contribution in [1.82, 2.24) is 0 Å². The average molecular weight is 276 g/mol. The molecule has 3 nitrogen and oxygen atoms in total. The smallest absolute Gasteiger partial charge is 0.402 e. The molecule has 1 aromatic rings. The number of rotatable bonds is 1. The number of hydrogen-bond donors (Lipinski definition) is 3. The third-order valence-corrected chi connectivity index (χ3v) is 1.79. The Morgan fingerprint density at radius 2 is 1.41 bits per heavy atom. The SMILES string of the molecule is Fc1cc(C(F)P)c(F)c(F)c1F.OB(O)O. The summed E-state index contributed by atoms with van der Waals surface area (Å²) in [6.45, 7) is 0. The maximum absolute atomic E-state index is 12.7.